The number of nitrogens with two attached hydrogens (primary N) is 1. The molecule has 0 heterocycles. The van der Waals surface area contributed by atoms with Gasteiger partial charge in [-0.05, 0) is 33.6 Å². The lowest BCUT2D eigenvalue weighted by Crippen LogP contribution is -2.29. The summed E-state index contributed by atoms with van der Waals surface area (Å²) in [6, 6.07) is -0.285. The molecule has 3 atom stereocenters. The van der Waals surface area contributed by atoms with E-state index >= 15 is 0 Å². The molecular weight excluding hydrogens is 182 g/mol. The van der Waals surface area contributed by atoms with E-state index in [1.165, 1.54) is 0 Å². The minimum absolute atomic E-state index is 0.237. The van der Waals surface area contributed by atoms with E-state index in [9.17, 15) is 9.90 Å². The van der Waals surface area contributed by atoms with Crippen LogP contribution in [-0.4, -0.2) is 28.8 Å². The number of ether oxygens (including phenoxy) is 1. The van der Waals surface area contributed by atoms with Crippen molar-refractivity contribution in [1.29, 1.82) is 0 Å². The van der Waals surface area contributed by atoms with Crippen molar-refractivity contribution >= 4 is 5.97 Å². The molecule has 0 aliphatic heterocycles. The number of rotatable bonds is 1. The number of hydrogen-bond donors (Lipinski definition) is 2. The second-order valence-corrected chi connectivity index (χ2v) is 4.93. The second kappa shape index (κ2) is 3.87. The highest BCUT2D eigenvalue weighted by atomic mass is 16.6. The van der Waals surface area contributed by atoms with Gasteiger partial charge < -0.3 is 15.6 Å². The van der Waals surface area contributed by atoms with Gasteiger partial charge in [0.15, 0.2) is 0 Å². The highest BCUT2D eigenvalue weighted by Crippen LogP contribution is 2.27. The first-order chi connectivity index (χ1) is 6.29. The zero-order valence-electron chi connectivity index (χ0n) is 8.99. The molecule has 0 saturated heterocycles. The summed E-state index contributed by atoms with van der Waals surface area (Å²) in [6.45, 7) is 5.49. The highest BCUT2D eigenvalue weighted by Gasteiger charge is 2.36. The predicted molar refractivity (Wildman–Crippen MR) is 52.6 cm³/mol. The molecule has 3 N–H and O–H groups in total. The first-order valence-electron chi connectivity index (χ1n) is 4.96. The van der Waals surface area contributed by atoms with Crippen molar-refractivity contribution in [3.05, 3.63) is 0 Å². The maximum atomic E-state index is 11.6. The molecule has 1 fully saturated rings. The molecule has 0 bridgehead atoms. The molecule has 0 aromatic carbocycles. The van der Waals surface area contributed by atoms with Crippen molar-refractivity contribution in [2.45, 2.75) is 51.4 Å². The van der Waals surface area contributed by atoms with Crippen LogP contribution in [0.3, 0.4) is 0 Å². The lowest BCUT2D eigenvalue weighted by atomic mass is 10.1. The fraction of sp³-hybridized carbons (Fsp3) is 0.900. The molecule has 1 aliphatic carbocycles. The van der Waals surface area contributed by atoms with E-state index in [2.05, 4.69) is 0 Å². The van der Waals surface area contributed by atoms with Crippen LogP contribution in [0.1, 0.15) is 33.6 Å². The van der Waals surface area contributed by atoms with Crippen molar-refractivity contribution in [1.82, 2.24) is 0 Å². The first kappa shape index (κ1) is 11.5. The molecule has 4 nitrogen and oxygen atoms in total. The SMILES string of the molecule is CC(C)(C)OC(=O)[C@@H]1C[C@H](N)[C@@H](O)C1. The third-order valence-corrected chi connectivity index (χ3v) is 2.32. The predicted octanol–water partition coefficient (Wildman–Crippen LogP) is 0.426. The Kier molecular flexibility index (Phi) is 3.17. The molecule has 1 aliphatic rings. The van der Waals surface area contributed by atoms with Crippen molar-refractivity contribution in [3.63, 3.8) is 0 Å². The smallest absolute Gasteiger partial charge is 0.309 e. The first-order valence-corrected chi connectivity index (χ1v) is 4.96. The molecule has 0 radical (unpaired) electrons. The Morgan fingerprint density at radius 2 is 2.00 bits per heavy atom. The van der Waals surface area contributed by atoms with Gasteiger partial charge in [-0.3, -0.25) is 4.79 Å². The molecule has 1 rings (SSSR count). The molecule has 82 valence electrons. The quantitative estimate of drug-likeness (QED) is 0.603. The molecule has 4 heteroatoms. The zero-order valence-corrected chi connectivity index (χ0v) is 8.99. The van der Waals surface area contributed by atoms with E-state index in [4.69, 9.17) is 10.5 Å². The monoisotopic (exact) mass is 201 g/mol. The van der Waals surface area contributed by atoms with Crippen LogP contribution in [-0.2, 0) is 9.53 Å². The van der Waals surface area contributed by atoms with E-state index in [1.54, 1.807) is 0 Å². The number of hydrogen-bond acceptors (Lipinski definition) is 4. The minimum Gasteiger partial charge on any atom is -0.460 e. The van der Waals surface area contributed by atoms with Gasteiger partial charge in [-0.15, -0.1) is 0 Å². The molecule has 0 unspecified atom stereocenters. The molecule has 0 spiro atoms. The Morgan fingerprint density at radius 1 is 1.43 bits per heavy atom. The maximum Gasteiger partial charge on any atom is 0.309 e. The van der Waals surface area contributed by atoms with Crippen LogP contribution in [0.4, 0.5) is 0 Å². The van der Waals surface area contributed by atoms with Crippen molar-refractivity contribution in [2.75, 3.05) is 0 Å². The normalized spacial score (nSPS) is 33.1. The van der Waals surface area contributed by atoms with E-state index in [0.717, 1.165) is 0 Å². The van der Waals surface area contributed by atoms with Crippen LogP contribution in [0.5, 0.6) is 0 Å². The van der Waals surface area contributed by atoms with Gasteiger partial charge in [0.2, 0.25) is 0 Å². The summed E-state index contributed by atoms with van der Waals surface area (Å²) in [5.74, 6) is -0.483. The van der Waals surface area contributed by atoms with Crippen LogP contribution in [0, 0.1) is 5.92 Å². The van der Waals surface area contributed by atoms with Crippen LogP contribution in [0.2, 0.25) is 0 Å². The van der Waals surface area contributed by atoms with Gasteiger partial charge in [-0.2, -0.15) is 0 Å². The molecule has 0 amide bonds. The number of aliphatic hydroxyl groups is 1. The third kappa shape index (κ3) is 2.96. The van der Waals surface area contributed by atoms with Crippen molar-refractivity contribution in [3.8, 4) is 0 Å². The Balaban J connectivity index is 2.48. The van der Waals surface area contributed by atoms with E-state index in [-0.39, 0.29) is 17.9 Å². The van der Waals surface area contributed by atoms with Gasteiger partial charge >= 0.3 is 5.97 Å². The summed E-state index contributed by atoms with van der Waals surface area (Å²) in [7, 11) is 0. The highest BCUT2D eigenvalue weighted by molar-refractivity contribution is 5.73. The van der Waals surface area contributed by atoms with Gasteiger partial charge in [0.1, 0.15) is 5.60 Å². The Bertz CT molecular complexity index is 212. The molecular formula is C10H19NO3. The summed E-state index contributed by atoms with van der Waals surface area (Å²) in [4.78, 5) is 11.6. The second-order valence-electron chi connectivity index (χ2n) is 4.93. The average Bonchev–Trinajstić information content (AvgIpc) is 2.28. The number of carbonyl (C=O) groups excluding carboxylic acids is 1. The fourth-order valence-electron chi connectivity index (χ4n) is 1.63. The third-order valence-electron chi connectivity index (χ3n) is 2.32. The zero-order chi connectivity index (χ0) is 10.9. The number of esters is 1. The van der Waals surface area contributed by atoms with Crippen LogP contribution < -0.4 is 5.73 Å². The van der Waals surface area contributed by atoms with Gasteiger partial charge in [0, 0.05) is 6.04 Å². The largest absolute Gasteiger partial charge is 0.460 e. The maximum absolute atomic E-state index is 11.6. The Morgan fingerprint density at radius 3 is 2.36 bits per heavy atom. The summed E-state index contributed by atoms with van der Waals surface area (Å²) in [5, 5.41) is 9.38. The standard InChI is InChI=1S/C10H19NO3/c1-10(2,3)14-9(13)6-4-7(11)8(12)5-6/h6-8,12H,4-5,11H2,1-3H3/t6-,7+,8+/m1/s1. The lowest BCUT2D eigenvalue weighted by Gasteiger charge is -2.21. The number of carbonyl (C=O) groups is 1. The van der Waals surface area contributed by atoms with Crippen LogP contribution >= 0.6 is 0 Å². The topological polar surface area (TPSA) is 72.5 Å². The summed E-state index contributed by atoms with van der Waals surface area (Å²) in [5.41, 5.74) is 5.15. The number of aliphatic hydroxyl groups excluding tert-OH is 1. The average molecular weight is 201 g/mol. The van der Waals surface area contributed by atoms with Gasteiger partial charge in [0.25, 0.3) is 0 Å². The Hall–Kier alpha value is -0.610. The summed E-state index contributed by atoms with van der Waals surface area (Å²) < 4.78 is 5.21. The van der Waals surface area contributed by atoms with Crippen LogP contribution in [0.15, 0.2) is 0 Å². The minimum atomic E-state index is -0.562. The lowest BCUT2D eigenvalue weighted by molar-refractivity contribution is -0.160. The fourth-order valence-corrected chi connectivity index (χ4v) is 1.63. The van der Waals surface area contributed by atoms with Crippen LogP contribution in [0.25, 0.3) is 0 Å². The Labute approximate surface area is 84.4 Å². The van der Waals surface area contributed by atoms with Crippen molar-refractivity contribution < 1.29 is 14.6 Å². The molecule has 14 heavy (non-hydrogen) atoms. The molecule has 1 saturated carbocycles. The van der Waals surface area contributed by atoms with Gasteiger partial charge in [-0.1, -0.05) is 0 Å². The van der Waals surface area contributed by atoms with E-state index < -0.39 is 11.7 Å². The summed E-state index contributed by atoms with van der Waals surface area (Å²) >= 11 is 0. The van der Waals surface area contributed by atoms with E-state index in [1.807, 2.05) is 20.8 Å². The molecule has 0 aromatic heterocycles. The van der Waals surface area contributed by atoms with E-state index in [0.29, 0.717) is 12.8 Å². The summed E-state index contributed by atoms with van der Waals surface area (Å²) in [6.07, 6.45) is 0.388. The molecule has 0 aromatic rings. The van der Waals surface area contributed by atoms with Gasteiger partial charge in [-0.25, -0.2) is 0 Å². The van der Waals surface area contributed by atoms with Crippen molar-refractivity contribution in [2.24, 2.45) is 11.7 Å². The van der Waals surface area contributed by atoms with Gasteiger partial charge in [0.05, 0.1) is 12.0 Å².